The van der Waals surface area contributed by atoms with Crippen LogP contribution in [-0.4, -0.2) is 13.2 Å². The third-order valence-corrected chi connectivity index (χ3v) is 4.11. The number of benzene rings is 2. The first kappa shape index (κ1) is 16.4. The number of unbranched alkanes of at least 4 members (excludes halogenated alkanes) is 1. The summed E-state index contributed by atoms with van der Waals surface area (Å²) >= 11 is 0. The van der Waals surface area contributed by atoms with Crippen molar-refractivity contribution in [1.82, 2.24) is 5.32 Å². The molecule has 2 aromatic carbocycles. The van der Waals surface area contributed by atoms with E-state index in [0.29, 0.717) is 19.1 Å². The van der Waals surface area contributed by atoms with Crippen molar-refractivity contribution in [2.24, 2.45) is 0 Å². The van der Waals surface area contributed by atoms with Gasteiger partial charge in [0.15, 0.2) is 0 Å². The van der Waals surface area contributed by atoms with E-state index in [0.717, 1.165) is 37.5 Å². The zero-order chi connectivity index (χ0) is 16.6. The number of nitrogens with zero attached hydrogens (tertiary/aromatic N) is 1. The molecule has 0 bridgehead atoms. The Bertz CT molecular complexity index is 709. The fourth-order valence-corrected chi connectivity index (χ4v) is 2.88. The van der Waals surface area contributed by atoms with E-state index in [1.165, 1.54) is 11.1 Å². The van der Waals surface area contributed by atoms with E-state index in [1.807, 2.05) is 24.3 Å². The van der Waals surface area contributed by atoms with Crippen molar-refractivity contribution in [2.75, 3.05) is 13.2 Å². The first-order valence-electron chi connectivity index (χ1n) is 8.40. The zero-order valence-electron chi connectivity index (χ0n) is 13.7. The van der Waals surface area contributed by atoms with Gasteiger partial charge in [-0.3, -0.25) is 0 Å². The summed E-state index contributed by atoms with van der Waals surface area (Å²) in [6, 6.07) is 18.8. The van der Waals surface area contributed by atoms with Gasteiger partial charge in [0.1, 0.15) is 11.5 Å². The Morgan fingerprint density at radius 1 is 1.21 bits per heavy atom. The molecule has 4 nitrogen and oxygen atoms in total. The fourth-order valence-electron chi connectivity index (χ4n) is 2.88. The minimum Gasteiger partial charge on any atom is -0.494 e. The SMILES string of the molecule is N#CCCCOc1cccc(CNC2CCOc3ccccc32)c1. The molecule has 124 valence electrons. The number of rotatable bonds is 7. The van der Waals surface area contributed by atoms with Crippen molar-refractivity contribution >= 4 is 0 Å². The highest BCUT2D eigenvalue weighted by Crippen LogP contribution is 2.31. The van der Waals surface area contributed by atoms with Crippen LogP contribution in [0.2, 0.25) is 0 Å². The predicted molar refractivity (Wildman–Crippen MR) is 92.9 cm³/mol. The highest BCUT2D eigenvalue weighted by Gasteiger charge is 2.20. The Morgan fingerprint density at radius 2 is 2.12 bits per heavy atom. The summed E-state index contributed by atoms with van der Waals surface area (Å²) in [5, 5.41) is 12.2. The number of para-hydroxylation sites is 1. The van der Waals surface area contributed by atoms with E-state index in [-0.39, 0.29) is 0 Å². The Morgan fingerprint density at radius 3 is 3.04 bits per heavy atom. The molecule has 1 aliphatic heterocycles. The van der Waals surface area contributed by atoms with Crippen LogP contribution in [0, 0.1) is 11.3 Å². The van der Waals surface area contributed by atoms with Crippen LogP contribution in [0.5, 0.6) is 11.5 Å². The van der Waals surface area contributed by atoms with E-state index in [2.05, 4.69) is 35.7 Å². The van der Waals surface area contributed by atoms with Crippen molar-refractivity contribution in [3.8, 4) is 17.6 Å². The van der Waals surface area contributed by atoms with Crippen molar-refractivity contribution < 1.29 is 9.47 Å². The molecule has 1 atom stereocenters. The molecular weight excluding hydrogens is 300 g/mol. The summed E-state index contributed by atoms with van der Waals surface area (Å²) in [7, 11) is 0. The van der Waals surface area contributed by atoms with Gasteiger partial charge in [-0.15, -0.1) is 0 Å². The van der Waals surface area contributed by atoms with Crippen LogP contribution in [0.15, 0.2) is 48.5 Å². The van der Waals surface area contributed by atoms with Crippen LogP contribution in [0.25, 0.3) is 0 Å². The molecule has 0 radical (unpaired) electrons. The summed E-state index contributed by atoms with van der Waals surface area (Å²) in [5.41, 5.74) is 2.42. The molecule has 0 fully saturated rings. The van der Waals surface area contributed by atoms with Crippen LogP contribution in [0.4, 0.5) is 0 Å². The number of hydrogen-bond acceptors (Lipinski definition) is 4. The van der Waals surface area contributed by atoms with Crippen LogP contribution < -0.4 is 14.8 Å². The monoisotopic (exact) mass is 322 g/mol. The number of ether oxygens (including phenoxy) is 2. The molecule has 1 heterocycles. The van der Waals surface area contributed by atoms with Gasteiger partial charge in [0.2, 0.25) is 0 Å². The summed E-state index contributed by atoms with van der Waals surface area (Å²) in [6.45, 7) is 2.11. The number of nitriles is 1. The fraction of sp³-hybridized carbons (Fsp3) is 0.350. The maximum Gasteiger partial charge on any atom is 0.124 e. The quantitative estimate of drug-likeness (QED) is 0.783. The molecule has 0 aliphatic carbocycles. The highest BCUT2D eigenvalue weighted by molar-refractivity contribution is 5.37. The Labute approximate surface area is 143 Å². The second-order valence-corrected chi connectivity index (χ2v) is 5.87. The molecule has 0 saturated carbocycles. The maximum absolute atomic E-state index is 8.55. The highest BCUT2D eigenvalue weighted by atomic mass is 16.5. The van der Waals surface area contributed by atoms with E-state index < -0.39 is 0 Å². The lowest BCUT2D eigenvalue weighted by Gasteiger charge is -2.26. The van der Waals surface area contributed by atoms with E-state index in [9.17, 15) is 0 Å². The van der Waals surface area contributed by atoms with Crippen LogP contribution >= 0.6 is 0 Å². The van der Waals surface area contributed by atoms with Crippen LogP contribution in [-0.2, 0) is 6.54 Å². The average molecular weight is 322 g/mol. The summed E-state index contributed by atoms with van der Waals surface area (Å²) < 4.78 is 11.4. The van der Waals surface area contributed by atoms with Crippen molar-refractivity contribution in [2.45, 2.75) is 31.8 Å². The molecule has 4 heteroatoms. The summed E-state index contributed by atoms with van der Waals surface area (Å²) in [6.07, 6.45) is 2.27. The van der Waals surface area contributed by atoms with Gasteiger partial charge in [-0.25, -0.2) is 0 Å². The third kappa shape index (κ3) is 4.27. The summed E-state index contributed by atoms with van der Waals surface area (Å²) in [4.78, 5) is 0. The molecule has 3 rings (SSSR count). The Kier molecular flexibility index (Phi) is 5.70. The molecule has 1 aliphatic rings. The second-order valence-electron chi connectivity index (χ2n) is 5.87. The first-order chi connectivity index (χ1) is 11.9. The average Bonchev–Trinajstić information content (AvgIpc) is 2.64. The van der Waals surface area contributed by atoms with Gasteiger partial charge >= 0.3 is 0 Å². The lowest BCUT2D eigenvalue weighted by Crippen LogP contribution is -2.26. The first-order valence-corrected chi connectivity index (χ1v) is 8.40. The van der Waals surface area contributed by atoms with Gasteiger partial charge in [-0.1, -0.05) is 30.3 Å². The molecule has 0 spiro atoms. The molecular formula is C20H22N2O2. The third-order valence-electron chi connectivity index (χ3n) is 4.11. The van der Waals surface area contributed by atoms with Crippen molar-refractivity contribution in [3.05, 3.63) is 59.7 Å². The van der Waals surface area contributed by atoms with Gasteiger partial charge in [0.25, 0.3) is 0 Å². The minimum absolute atomic E-state index is 0.315. The zero-order valence-corrected chi connectivity index (χ0v) is 13.7. The number of nitrogens with one attached hydrogen (secondary N) is 1. The van der Waals surface area contributed by atoms with Gasteiger partial charge < -0.3 is 14.8 Å². The smallest absolute Gasteiger partial charge is 0.124 e. The van der Waals surface area contributed by atoms with Crippen LogP contribution in [0.1, 0.15) is 36.4 Å². The Hall–Kier alpha value is -2.51. The normalized spacial score (nSPS) is 15.9. The van der Waals surface area contributed by atoms with Crippen molar-refractivity contribution in [3.63, 3.8) is 0 Å². The second kappa shape index (κ2) is 8.37. The Balaban J connectivity index is 1.56. The molecule has 2 aromatic rings. The van der Waals surface area contributed by atoms with Gasteiger partial charge in [0, 0.05) is 31.0 Å². The van der Waals surface area contributed by atoms with E-state index >= 15 is 0 Å². The summed E-state index contributed by atoms with van der Waals surface area (Å²) in [5.74, 6) is 1.84. The predicted octanol–water partition coefficient (Wildman–Crippen LogP) is 3.98. The minimum atomic E-state index is 0.315. The van der Waals surface area contributed by atoms with Gasteiger partial charge in [0.05, 0.1) is 19.3 Å². The standard InChI is InChI=1S/C20H22N2O2/c21-11-3-4-12-23-17-7-5-6-16(14-17)15-22-19-10-13-24-20-9-2-1-8-18(19)20/h1-2,5-9,14,19,22H,3-4,10,12-13,15H2. The lowest BCUT2D eigenvalue weighted by atomic mass is 10.0. The van der Waals surface area contributed by atoms with Crippen molar-refractivity contribution in [1.29, 1.82) is 5.26 Å². The molecule has 24 heavy (non-hydrogen) atoms. The molecule has 1 N–H and O–H groups in total. The number of hydrogen-bond donors (Lipinski definition) is 1. The molecule has 0 saturated heterocycles. The van der Waals surface area contributed by atoms with E-state index in [1.54, 1.807) is 0 Å². The molecule has 0 aromatic heterocycles. The van der Waals surface area contributed by atoms with Gasteiger partial charge in [-0.05, 0) is 30.2 Å². The number of fused-ring (bicyclic) bond motifs is 1. The molecule has 1 unspecified atom stereocenters. The van der Waals surface area contributed by atoms with Crippen LogP contribution in [0.3, 0.4) is 0 Å². The topological polar surface area (TPSA) is 54.3 Å². The lowest BCUT2D eigenvalue weighted by molar-refractivity contribution is 0.252. The largest absolute Gasteiger partial charge is 0.494 e. The van der Waals surface area contributed by atoms with E-state index in [4.69, 9.17) is 14.7 Å². The van der Waals surface area contributed by atoms with Gasteiger partial charge in [-0.2, -0.15) is 5.26 Å². The maximum atomic E-state index is 8.55. The molecule has 0 amide bonds.